The monoisotopic (exact) mass is 453 g/mol. The molecule has 3 heterocycles. The number of rotatable bonds is 4. The Kier molecular flexibility index (Phi) is 5.40. The molecule has 1 aliphatic rings. The maximum atomic E-state index is 14.2. The second-order valence-corrected chi connectivity index (χ2v) is 8.54. The van der Waals surface area contributed by atoms with Gasteiger partial charge < -0.3 is 4.98 Å². The van der Waals surface area contributed by atoms with Crippen LogP contribution in [0.15, 0.2) is 58.1 Å². The van der Waals surface area contributed by atoms with E-state index in [1.54, 1.807) is 24.3 Å². The van der Waals surface area contributed by atoms with E-state index in [2.05, 4.69) is 20.0 Å². The van der Waals surface area contributed by atoms with Crippen molar-refractivity contribution >= 4 is 22.5 Å². The number of piperidine rings is 1. The zero-order valence-electron chi connectivity index (χ0n) is 17.1. The Bertz CT molecular complexity index is 1410. The number of hydrogen-bond donors (Lipinski definition) is 2. The second kappa shape index (κ2) is 8.37. The van der Waals surface area contributed by atoms with Gasteiger partial charge in [0.2, 0.25) is 5.56 Å². The van der Waals surface area contributed by atoms with Gasteiger partial charge in [-0.05, 0) is 43.7 Å². The third kappa shape index (κ3) is 3.99. The van der Waals surface area contributed by atoms with E-state index < -0.39 is 0 Å². The van der Waals surface area contributed by atoms with E-state index in [1.165, 1.54) is 16.8 Å². The Morgan fingerprint density at radius 3 is 2.84 bits per heavy atom. The van der Waals surface area contributed by atoms with Crippen LogP contribution in [-0.4, -0.2) is 37.7 Å². The summed E-state index contributed by atoms with van der Waals surface area (Å²) >= 11 is 5.86. The summed E-state index contributed by atoms with van der Waals surface area (Å²) in [6.45, 7) is 1.96. The number of H-pyrrole nitrogens is 2. The summed E-state index contributed by atoms with van der Waals surface area (Å²) in [4.78, 5) is 32.4. The molecule has 0 bridgehead atoms. The van der Waals surface area contributed by atoms with Gasteiger partial charge in [0.05, 0.1) is 11.2 Å². The highest BCUT2D eigenvalue weighted by Gasteiger charge is 2.26. The predicted octanol–water partition coefficient (Wildman–Crippen LogP) is 3.57. The van der Waals surface area contributed by atoms with Crippen LogP contribution >= 0.6 is 11.6 Å². The molecule has 1 saturated heterocycles. The van der Waals surface area contributed by atoms with Crippen LogP contribution in [0.3, 0.4) is 0 Å². The summed E-state index contributed by atoms with van der Waals surface area (Å²) in [5.41, 5.74) is 1.06. The van der Waals surface area contributed by atoms with Crippen molar-refractivity contribution in [3.63, 3.8) is 0 Å². The Labute approximate surface area is 187 Å². The molecule has 0 spiro atoms. The first-order chi connectivity index (χ1) is 15.5. The lowest BCUT2D eigenvalue weighted by atomic mass is 9.97. The number of halogens is 2. The Hall–Kier alpha value is -3.23. The van der Waals surface area contributed by atoms with E-state index in [0.717, 1.165) is 24.8 Å². The highest BCUT2D eigenvalue weighted by molar-refractivity contribution is 6.30. The normalized spacial score (nSPS) is 17.1. The number of hydrogen-bond acceptors (Lipinski definition) is 4. The van der Waals surface area contributed by atoms with Gasteiger partial charge in [-0.15, -0.1) is 5.10 Å². The molecule has 164 valence electrons. The number of aromatic nitrogens is 4. The molecule has 4 aromatic rings. The number of nitrogens with zero attached hydrogens (tertiary/aromatic N) is 3. The zero-order valence-corrected chi connectivity index (χ0v) is 17.9. The Morgan fingerprint density at radius 2 is 2.00 bits per heavy atom. The smallest absolute Gasteiger partial charge is 0.320 e. The lowest BCUT2D eigenvalue weighted by Crippen LogP contribution is -2.34. The molecule has 1 unspecified atom stereocenters. The average molecular weight is 454 g/mol. The molecule has 1 fully saturated rings. The molecular formula is C23H21ClFN5O2. The fourth-order valence-electron chi connectivity index (χ4n) is 4.34. The summed E-state index contributed by atoms with van der Waals surface area (Å²) in [6, 6.07) is 13.3. The van der Waals surface area contributed by atoms with Crippen molar-refractivity contribution in [3.05, 3.63) is 91.6 Å². The third-order valence-corrected chi connectivity index (χ3v) is 6.14. The van der Waals surface area contributed by atoms with Crippen molar-refractivity contribution in [2.45, 2.75) is 25.3 Å². The van der Waals surface area contributed by atoms with Gasteiger partial charge in [0.15, 0.2) is 0 Å². The van der Waals surface area contributed by atoms with Crippen molar-refractivity contribution in [3.8, 4) is 5.69 Å². The van der Waals surface area contributed by atoms with Crippen molar-refractivity contribution in [2.24, 2.45) is 0 Å². The quantitative estimate of drug-likeness (QED) is 0.494. The van der Waals surface area contributed by atoms with Gasteiger partial charge in [-0.1, -0.05) is 29.8 Å². The lowest BCUT2D eigenvalue weighted by Gasteiger charge is -2.31. The van der Waals surface area contributed by atoms with Gasteiger partial charge in [-0.2, -0.15) is 4.68 Å². The van der Waals surface area contributed by atoms with Gasteiger partial charge >= 0.3 is 5.69 Å². The number of benzene rings is 2. The number of pyridine rings is 1. The molecule has 0 radical (unpaired) electrons. The van der Waals surface area contributed by atoms with E-state index in [1.807, 2.05) is 12.1 Å². The maximum absolute atomic E-state index is 14.2. The number of nitrogens with one attached hydrogen (secondary N) is 2. The fourth-order valence-corrected chi connectivity index (χ4v) is 4.50. The van der Waals surface area contributed by atoms with Crippen LogP contribution in [0.1, 0.15) is 30.1 Å². The summed E-state index contributed by atoms with van der Waals surface area (Å²) in [5, 5.41) is 5.75. The molecule has 2 aromatic carbocycles. The van der Waals surface area contributed by atoms with Crippen LogP contribution in [0.25, 0.3) is 16.6 Å². The van der Waals surface area contributed by atoms with Crippen LogP contribution in [-0.2, 0) is 6.54 Å². The van der Waals surface area contributed by atoms with Gasteiger partial charge in [-0.3, -0.25) is 14.7 Å². The SMILES string of the molecule is O=c1ccc2cccc(-n3nc(C4CCCN(Cc5ccc(Cl)cc5F)C4)[nH]c3=O)c2[nH]1. The van der Waals surface area contributed by atoms with Crippen molar-refractivity contribution in [1.29, 1.82) is 0 Å². The molecule has 7 nitrogen and oxygen atoms in total. The van der Waals surface area contributed by atoms with Crippen LogP contribution in [0.4, 0.5) is 4.39 Å². The van der Waals surface area contributed by atoms with E-state index in [4.69, 9.17) is 11.6 Å². The van der Waals surface area contributed by atoms with Crippen LogP contribution < -0.4 is 11.2 Å². The summed E-state index contributed by atoms with van der Waals surface area (Å²) in [5.74, 6) is 0.288. The van der Waals surface area contributed by atoms with Gasteiger partial charge in [-0.25, -0.2) is 9.18 Å². The standard InChI is InChI=1S/C23H21ClFN5O2/c24-17-8-6-15(18(25)11-17)12-29-10-2-4-16(13-29)22-27-23(32)30(28-22)19-5-1-3-14-7-9-20(31)26-21(14)19/h1,3,5-9,11,16H,2,4,10,12-13H2,(H,26,31)(H,27,28,32). The topological polar surface area (TPSA) is 86.8 Å². The first-order valence-corrected chi connectivity index (χ1v) is 10.8. The number of likely N-dealkylation sites (tertiary alicyclic amines) is 1. The second-order valence-electron chi connectivity index (χ2n) is 8.10. The van der Waals surface area contributed by atoms with Crippen LogP contribution in [0, 0.1) is 5.82 Å². The van der Waals surface area contributed by atoms with Crippen molar-refractivity contribution in [1.82, 2.24) is 24.6 Å². The highest BCUT2D eigenvalue weighted by atomic mass is 35.5. The number of aromatic amines is 2. The van der Waals surface area contributed by atoms with E-state index in [9.17, 15) is 14.0 Å². The predicted molar refractivity (Wildman–Crippen MR) is 121 cm³/mol. The minimum Gasteiger partial charge on any atom is -0.320 e. The van der Waals surface area contributed by atoms with E-state index >= 15 is 0 Å². The van der Waals surface area contributed by atoms with Crippen LogP contribution in [0.5, 0.6) is 0 Å². The summed E-state index contributed by atoms with van der Waals surface area (Å²) in [6.07, 6.45) is 1.79. The molecule has 0 saturated carbocycles. The molecule has 32 heavy (non-hydrogen) atoms. The number of para-hydroxylation sites is 1. The Morgan fingerprint density at radius 1 is 1.12 bits per heavy atom. The first-order valence-electron chi connectivity index (χ1n) is 10.5. The van der Waals surface area contributed by atoms with Crippen molar-refractivity contribution < 1.29 is 4.39 Å². The number of fused-ring (bicyclic) bond motifs is 1. The zero-order chi connectivity index (χ0) is 22.2. The maximum Gasteiger partial charge on any atom is 0.348 e. The Balaban J connectivity index is 1.42. The molecule has 1 aliphatic heterocycles. The van der Waals surface area contributed by atoms with Gasteiger partial charge in [0.1, 0.15) is 11.6 Å². The lowest BCUT2D eigenvalue weighted by molar-refractivity contribution is 0.194. The average Bonchev–Trinajstić information content (AvgIpc) is 3.17. The first kappa shape index (κ1) is 20.7. The summed E-state index contributed by atoms with van der Waals surface area (Å²) in [7, 11) is 0. The molecule has 0 aliphatic carbocycles. The fraction of sp³-hybridized carbons (Fsp3) is 0.261. The van der Waals surface area contributed by atoms with Gasteiger partial charge in [0, 0.05) is 41.0 Å². The van der Waals surface area contributed by atoms with Crippen molar-refractivity contribution in [2.75, 3.05) is 13.1 Å². The van der Waals surface area contributed by atoms with E-state index in [-0.39, 0.29) is 23.0 Å². The third-order valence-electron chi connectivity index (χ3n) is 5.90. The minimum atomic E-state index is -0.363. The highest BCUT2D eigenvalue weighted by Crippen LogP contribution is 2.27. The van der Waals surface area contributed by atoms with Gasteiger partial charge in [0.25, 0.3) is 0 Å². The molecular weight excluding hydrogens is 433 g/mol. The molecule has 2 aromatic heterocycles. The molecule has 5 rings (SSSR count). The molecule has 0 amide bonds. The van der Waals surface area contributed by atoms with E-state index in [0.29, 0.717) is 40.7 Å². The molecule has 9 heteroatoms. The summed E-state index contributed by atoms with van der Waals surface area (Å²) < 4.78 is 15.5. The van der Waals surface area contributed by atoms with Crippen LogP contribution in [0.2, 0.25) is 5.02 Å². The largest absolute Gasteiger partial charge is 0.348 e. The molecule has 1 atom stereocenters. The molecule has 2 N–H and O–H groups in total. The minimum absolute atomic E-state index is 0.0158.